The van der Waals surface area contributed by atoms with Gasteiger partial charge in [0.15, 0.2) is 0 Å². The third-order valence-electron chi connectivity index (χ3n) is 4.21. The van der Waals surface area contributed by atoms with Crippen molar-refractivity contribution in [3.05, 3.63) is 35.4 Å². The van der Waals surface area contributed by atoms with E-state index in [2.05, 4.69) is 11.8 Å². The molecule has 1 saturated heterocycles. The Morgan fingerprint density at radius 3 is 2.48 bits per heavy atom. The molecular formula is C15H19F3N2S. The lowest BCUT2D eigenvalue weighted by Gasteiger charge is -2.38. The minimum atomic E-state index is -4.29. The first-order valence-electron chi connectivity index (χ1n) is 6.89. The fourth-order valence-corrected chi connectivity index (χ4v) is 2.76. The third-order valence-corrected chi connectivity index (χ3v) is 4.71. The van der Waals surface area contributed by atoms with Gasteiger partial charge in [0.2, 0.25) is 0 Å². The largest absolute Gasteiger partial charge is 0.416 e. The van der Waals surface area contributed by atoms with Crippen molar-refractivity contribution in [1.29, 1.82) is 0 Å². The van der Waals surface area contributed by atoms with Gasteiger partial charge in [0.05, 0.1) is 10.6 Å². The summed E-state index contributed by atoms with van der Waals surface area (Å²) >= 11 is 5.09. The molecule has 116 valence electrons. The quantitative estimate of drug-likeness (QED) is 0.864. The number of alkyl halides is 3. The molecule has 6 heteroatoms. The Bertz CT molecular complexity index is 520. The molecule has 0 unspecified atom stereocenters. The Balaban J connectivity index is 2.00. The summed E-state index contributed by atoms with van der Waals surface area (Å²) in [6, 6.07) is 5.52. The maximum absolute atomic E-state index is 12.7. The number of piperidine rings is 1. The first kappa shape index (κ1) is 16.2. The fraction of sp³-hybridized carbons (Fsp3) is 0.533. The van der Waals surface area contributed by atoms with Gasteiger partial charge in [0, 0.05) is 12.0 Å². The van der Waals surface area contributed by atoms with Crippen LogP contribution in [0.3, 0.4) is 0 Å². The summed E-state index contributed by atoms with van der Waals surface area (Å²) in [5, 5.41) is 0. The van der Waals surface area contributed by atoms with E-state index in [4.69, 9.17) is 18.0 Å². The molecule has 2 nitrogen and oxygen atoms in total. The number of halogens is 3. The van der Waals surface area contributed by atoms with Crippen molar-refractivity contribution in [1.82, 2.24) is 4.90 Å². The van der Waals surface area contributed by atoms with E-state index in [-0.39, 0.29) is 5.41 Å². The number of likely N-dealkylation sites (tertiary alicyclic amines) is 1. The van der Waals surface area contributed by atoms with Crippen LogP contribution in [0.5, 0.6) is 0 Å². The molecule has 1 fully saturated rings. The third kappa shape index (κ3) is 3.95. The summed E-state index contributed by atoms with van der Waals surface area (Å²) in [7, 11) is 0. The van der Waals surface area contributed by atoms with E-state index in [1.807, 2.05) is 0 Å². The van der Waals surface area contributed by atoms with Crippen LogP contribution in [0.15, 0.2) is 24.3 Å². The zero-order chi connectivity index (χ0) is 15.7. The summed E-state index contributed by atoms with van der Waals surface area (Å²) in [6.45, 7) is 4.17. The van der Waals surface area contributed by atoms with Crippen molar-refractivity contribution in [3.63, 3.8) is 0 Å². The maximum Gasteiger partial charge on any atom is 0.416 e. The van der Waals surface area contributed by atoms with Gasteiger partial charge >= 0.3 is 6.18 Å². The highest BCUT2D eigenvalue weighted by Crippen LogP contribution is 2.33. The van der Waals surface area contributed by atoms with Crippen molar-refractivity contribution in [2.75, 3.05) is 13.1 Å². The Morgan fingerprint density at radius 2 is 1.95 bits per heavy atom. The second-order valence-electron chi connectivity index (χ2n) is 5.90. The van der Waals surface area contributed by atoms with Crippen molar-refractivity contribution >= 4 is 17.2 Å². The van der Waals surface area contributed by atoms with Crippen LogP contribution in [0.4, 0.5) is 13.2 Å². The molecule has 1 aromatic rings. The molecule has 21 heavy (non-hydrogen) atoms. The van der Waals surface area contributed by atoms with E-state index in [0.717, 1.165) is 32.0 Å². The van der Waals surface area contributed by atoms with Gasteiger partial charge in [-0.15, -0.1) is 0 Å². The van der Waals surface area contributed by atoms with Crippen molar-refractivity contribution in [2.24, 2.45) is 11.1 Å². The molecule has 0 aliphatic carbocycles. The SMILES string of the molecule is CC1(C(N)=S)CCN(Cc2cccc(C(F)(F)F)c2)CC1. The minimum Gasteiger partial charge on any atom is -0.393 e. The average molecular weight is 316 g/mol. The predicted octanol–water partition coefficient (Wildman–Crippen LogP) is 3.59. The first-order valence-corrected chi connectivity index (χ1v) is 7.30. The molecule has 0 radical (unpaired) electrons. The number of nitrogens with zero attached hydrogens (tertiary/aromatic N) is 1. The van der Waals surface area contributed by atoms with Crippen LogP contribution in [0.2, 0.25) is 0 Å². The van der Waals surface area contributed by atoms with Crippen molar-refractivity contribution in [2.45, 2.75) is 32.5 Å². The van der Waals surface area contributed by atoms with E-state index in [1.165, 1.54) is 12.1 Å². The average Bonchev–Trinajstić information content (AvgIpc) is 2.41. The summed E-state index contributed by atoms with van der Waals surface area (Å²) in [5.74, 6) is 0. The van der Waals surface area contributed by atoms with Gasteiger partial charge < -0.3 is 5.73 Å². The number of rotatable bonds is 3. The Morgan fingerprint density at radius 1 is 1.33 bits per heavy atom. The molecule has 0 aromatic heterocycles. The van der Waals surface area contributed by atoms with Gasteiger partial charge in [-0.25, -0.2) is 0 Å². The molecule has 0 bridgehead atoms. The highest BCUT2D eigenvalue weighted by molar-refractivity contribution is 7.80. The topological polar surface area (TPSA) is 29.3 Å². The van der Waals surface area contributed by atoms with Gasteiger partial charge in [0.1, 0.15) is 0 Å². The summed E-state index contributed by atoms with van der Waals surface area (Å²) in [5.41, 5.74) is 5.72. The lowest BCUT2D eigenvalue weighted by atomic mass is 9.80. The van der Waals surface area contributed by atoms with Gasteiger partial charge in [-0.3, -0.25) is 4.90 Å². The number of thiocarbonyl (C=S) groups is 1. The van der Waals surface area contributed by atoms with Crippen LogP contribution in [0.1, 0.15) is 30.9 Å². The first-order chi connectivity index (χ1) is 9.71. The second-order valence-corrected chi connectivity index (χ2v) is 6.34. The fourth-order valence-electron chi connectivity index (χ4n) is 2.56. The molecule has 2 rings (SSSR count). The standard InChI is InChI=1S/C15H19F3N2S/c1-14(13(19)21)5-7-20(8-6-14)10-11-3-2-4-12(9-11)15(16,17)18/h2-4,9H,5-8,10H2,1H3,(H2,19,21). The zero-order valence-electron chi connectivity index (χ0n) is 11.9. The highest BCUT2D eigenvalue weighted by Gasteiger charge is 2.33. The van der Waals surface area contributed by atoms with E-state index in [9.17, 15) is 13.2 Å². The Kier molecular flexibility index (Phi) is 4.58. The van der Waals surface area contributed by atoms with Crippen molar-refractivity contribution in [3.8, 4) is 0 Å². The van der Waals surface area contributed by atoms with Gasteiger partial charge in [-0.05, 0) is 37.6 Å². The molecular weight excluding hydrogens is 297 g/mol. The number of nitrogens with two attached hydrogens (primary N) is 1. The smallest absolute Gasteiger partial charge is 0.393 e. The molecule has 1 aliphatic rings. The Hall–Kier alpha value is -1.14. The van der Waals surface area contributed by atoms with E-state index < -0.39 is 11.7 Å². The number of hydrogen-bond acceptors (Lipinski definition) is 2. The number of benzene rings is 1. The monoisotopic (exact) mass is 316 g/mol. The summed E-state index contributed by atoms with van der Waals surface area (Å²) in [6.07, 6.45) is -2.59. The van der Waals surface area contributed by atoms with Crippen LogP contribution in [0.25, 0.3) is 0 Å². The molecule has 1 aromatic carbocycles. The molecule has 1 aliphatic heterocycles. The van der Waals surface area contributed by atoms with Crippen LogP contribution in [-0.2, 0) is 12.7 Å². The lowest BCUT2D eigenvalue weighted by molar-refractivity contribution is -0.137. The molecule has 0 atom stereocenters. The Labute approximate surface area is 128 Å². The zero-order valence-corrected chi connectivity index (χ0v) is 12.7. The maximum atomic E-state index is 12.7. The van der Waals surface area contributed by atoms with Crippen molar-refractivity contribution < 1.29 is 13.2 Å². The molecule has 1 heterocycles. The lowest BCUT2D eigenvalue weighted by Crippen LogP contribution is -2.44. The van der Waals surface area contributed by atoms with Crippen LogP contribution in [-0.4, -0.2) is 23.0 Å². The highest BCUT2D eigenvalue weighted by atomic mass is 32.1. The van der Waals surface area contributed by atoms with Crippen LogP contribution < -0.4 is 5.73 Å². The molecule has 0 saturated carbocycles. The normalized spacial score (nSPS) is 19.4. The molecule has 2 N–H and O–H groups in total. The molecule has 0 amide bonds. The summed E-state index contributed by atoms with van der Waals surface area (Å²) in [4.78, 5) is 2.68. The predicted molar refractivity (Wildman–Crippen MR) is 80.8 cm³/mol. The van der Waals surface area contributed by atoms with Crippen LogP contribution >= 0.6 is 12.2 Å². The van der Waals surface area contributed by atoms with Gasteiger partial charge in [-0.1, -0.05) is 37.3 Å². The number of hydrogen-bond donors (Lipinski definition) is 1. The van der Waals surface area contributed by atoms with Gasteiger partial charge in [-0.2, -0.15) is 13.2 Å². The summed E-state index contributed by atoms with van der Waals surface area (Å²) < 4.78 is 38.1. The van der Waals surface area contributed by atoms with E-state index in [1.54, 1.807) is 6.07 Å². The van der Waals surface area contributed by atoms with E-state index in [0.29, 0.717) is 17.1 Å². The molecule has 0 spiro atoms. The second kappa shape index (κ2) is 5.93. The van der Waals surface area contributed by atoms with Crippen LogP contribution in [0, 0.1) is 5.41 Å². The minimum absolute atomic E-state index is 0.125. The van der Waals surface area contributed by atoms with E-state index >= 15 is 0 Å². The van der Waals surface area contributed by atoms with Gasteiger partial charge in [0.25, 0.3) is 0 Å².